The van der Waals surface area contributed by atoms with Crippen LogP contribution in [0.4, 0.5) is 11.5 Å². The maximum Gasteiger partial charge on any atom is 0.238 e. The van der Waals surface area contributed by atoms with E-state index in [-0.39, 0.29) is 5.41 Å². The van der Waals surface area contributed by atoms with E-state index in [1.807, 2.05) is 0 Å². The Balaban J connectivity index is 2.53. The zero-order valence-electron chi connectivity index (χ0n) is 11.5. The van der Waals surface area contributed by atoms with Crippen LogP contribution in [-0.4, -0.2) is 29.8 Å². The topological polar surface area (TPSA) is 80.4 Å². The molecule has 0 saturated carbocycles. The fourth-order valence-electron chi connectivity index (χ4n) is 1.71. The molecular weight excluding hydrogens is 230 g/mol. The molecule has 0 spiro atoms. The third kappa shape index (κ3) is 4.79. The second-order valence-corrected chi connectivity index (χ2v) is 5.59. The Morgan fingerprint density at radius 1 is 1.44 bits per heavy atom. The monoisotopic (exact) mass is 253 g/mol. The van der Waals surface area contributed by atoms with E-state index in [0.717, 1.165) is 6.42 Å². The number of aliphatic hydroxyl groups is 1. The summed E-state index contributed by atoms with van der Waals surface area (Å²) in [6.45, 7) is 6.75. The Bertz CT molecular complexity index is 388. The number of aromatic nitrogens is 1. The number of aliphatic hydroxyl groups excluding tert-OH is 1. The molecule has 1 aromatic heterocycles. The summed E-state index contributed by atoms with van der Waals surface area (Å²) in [5.41, 5.74) is 6.28. The van der Waals surface area contributed by atoms with Crippen molar-refractivity contribution in [2.75, 3.05) is 24.7 Å². The van der Waals surface area contributed by atoms with Crippen molar-refractivity contribution < 1.29 is 9.84 Å². The van der Waals surface area contributed by atoms with Gasteiger partial charge in [0, 0.05) is 6.54 Å². The van der Waals surface area contributed by atoms with Crippen LogP contribution < -0.4 is 15.8 Å². The first kappa shape index (κ1) is 14.6. The maximum absolute atomic E-state index is 9.88. The normalized spacial score (nSPS) is 13.2. The molecule has 0 aliphatic heterocycles. The van der Waals surface area contributed by atoms with Gasteiger partial charge in [0.1, 0.15) is 5.82 Å². The molecule has 5 nitrogen and oxygen atoms in total. The number of ether oxygens (including phenoxy) is 1. The van der Waals surface area contributed by atoms with Crippen LogP contribution in [0.15, 0.2) is 12.1 Å². The highest BCUT2D eigenvalue weighted by atomic mass is 16.5. The highest BCUT2D eigenvalue weighted by Crippen LogP contribution is 2.22. The quantitative estimate of drug-likeness (QED) is 0.746. The van der Waals surface area contributed by atoms with Gasteiger partial charge in [0.25, 0.3) is 0 Å². The molecule has 1 unspecified atom stereocenters. The molecule has 0 aliphatic carbocycles. The summed E-state index contributed by atoms with van der Waals surface area (Å²) in [5, 5.41) is 13.0. The second-order valence-electron chi connectivity index (χ2n) is 5.59. The number of hydrogen-bond donors (Lipinski definition) is 3. The molecule has 4 N–H and O–H groups in total. The van der Waals surface area contributed by atoms with Gasteiger partial charge in [0.15, 0.2) is 0 Å². The SMILES string of the molecule is COc1nc(NCC(O)CC(C)(C)C)ccc1N. The first-order chi connectivity index (χ1) is 8.31. The summed E-state index contributed by atoms with van der Waals surface area (Å²) in [7, 11) is 1.52. The largest absolute Gasteiger partial charge is 0.479 e. The van der Waals surface area contributed by atoms with Gasteiger partial charge in [-0.05, 0) is 24.0 Å². The molecule has 1 rings (SSSR count). The Kier molecular flexibility index (Phi) is 4.78. The van der Waals surface area contributed by atoms with Crippen molar-refractivity contribution in [2.45, 2.75) is 33.3 Å². The molecule has 0 radical (unpaired) electrons. The molecule has 1 aromatic rings. The summed E-state index contributed by atoms with van der Waals surface area (Å²) in [6, 6.07) is 3.49. The lowest BCUT2D eigenvalue weighted by molar-refractivity contribution is 0.132. The zero-order valence-corrected chi connectivity index (χ0v) is 11.5. The summed E-state index contributed by atoms with van der Waals surface area (Å²) in [6.07, 6.45) is 0.321. The lowest BCUT2D eigenvalue weighted by atomic mass is 9.89. The van der Waals surface area contributed by atoms with E-state index in [1.54, 1.807) is 12.1 Å². The number of anilines is 2. The minimum atomic E-state index is -0.407. The number of nitrogens with two attached hydrogens (primary N) is 1. The fourth-order valence-corrected chi connectivity index (χ4v) is 1.71. The predicted octanol–water partition coefficient (Wildman–Crippen LogP) is 1.88. The summed E-state index contributed by atoms with van der Waals surface area (Å²) >= 11 is 0. The van der Waals surface area contributed by atoms with Gasteiger partial charge in [-0.2, -0.15) is 4.98 Å². The maximum atomic E-state index is 9.88. The summed E-state index contributed by atoms with van der Waals surface area (Å²) in [4.78, 5) is 4.19. The highest BCUT2D eigenvalue weighted by molar-refractivity contribution is 5.53. The number of hydrogen-bond acceptors (Lipinski definition) is 5. The van der Waals surface area contributed by atoms with Crippen LogP contribution in [0, 0.1) is 5.41 Å². The molecule has 0 bridgehead atoms. The zero-order chi connectivity index (χ0) is 13.8. The molecule has 18 heavy (non-hydrogen) atoms. The number of methoxy groups -OCH3 is 1. The molecule has 0 saturated heterocycles. The first-order valence-corrected chi connectivity index (χ1v) is 6.04. The third-order valence-corrected chi connectivity index (χ3v) is 2.45. The average Bonchev–Trinajstić information content (AvgIpc) is 2.25. The van der Waals surface area contributed by atoms with Crippen molar-refractivity contribution in [1.82, 2.24) is 4.98 Å². The van der Waals surface area contributed by atoms with E-state index < -0.39 is 6.10 Å². The molecule has 0 amide bonds. The fraction of sp³-hybridized carbons (Fsp3) is 0.615. The summed E-state index contributed by atoms with van der Waals surface area (Å²) in [5.74, 6) is 1.04. The smallest absolute Gasteiger partial charge is 0.238 e. The van der Waals surface area contributed by atoms with E-state index in [4.69, 9.17) is 10.5 Å². The van der Waals surface area contributed by atoms with Crippen LogP contribution in [0.5, 0.6) is 5.88 Å². The van der Waals surface area contributed by atoms with Crippen molar-refractivity contribution in [2.24, 2.45) is 5.41 Å². The van der Waals surface area contributed by atoms with Crippen LogP contribution in [0.3, 0.4) is 0 Å². The Labute approximate surface area is 108 Å². The summed E-state index contributed by atoms with van der Waals surface area (Å²) < 4.78 is 5.03. The van der Waals surface area contributed by atoms with Gasteiger partial charge >= 0.3 is 0 Å². The molecule has 1 atom stereocenters. The van der Waals surface area contributed by atoms with Crippen LogP contribution in [0.1, 0.15) is 27.2 Å². The molecule has 1 heterocycles. The Morgan fingerprint density at radius 3 is 2.67 bits per heavy atom. The molecule has 0 aliphatic rings. The average molecular weight is 253 g/mol. The van der Waals surface area contributed by atoms with Crippen molar-refractivity contribution in [1.29, 1.82) is 0 Å². The number of rotatable bonds is 5. The van der Waals surface area contributed by atoms with E-state index in [2.05, 4.69) is 31.1 Å². The molecular formula is C13H23N3O2. The van der Waals surface area contributed by atoms with Gasteiger partial charge in [0.05, 0.1) is 18.9 Å². The van der Waals surface area contributed by atoms with Gasteiger partial charge in [-0.15, -0.1) is 0 Å². The van der Waals surface area contributed by atoms with Gasteiger partial charge in [-0.25, -0.2) is 0 Å². The molecule has 0 aromatic carbocycles. The van der Waals surface area contributed by atoms with Crippen molar-refractivity contribution in [3.8, 4) is 5.88 Å². The molecule has 102 valence electrons. The minimum Gasteiger partial charge on any atom is -0.479 e. The van der Waals surface area contributed by atoms with Crippen molar-refractivity contribution in [3.63, 3.8) is 0 Å². The number of nitrogens with zero attached hydrogens (tertiary/aromatic N) is 1. The van der Waals surface area contributed by atoms with Crippen molar-refractivity contribution >= 4 is 11.5 Å². The van der Waals surface area contributed by atoms with Crippen molar-refractivity contribution in [3.05, 3.63) is 12.1 Å². The van der Waals surface area contributed by atoms with Gasteiger partial charge in [-0.3, -0.25) is 0 Å². The van der Waals surface area contributed by atoms with Crippen LogP contribution in [0.25, 0.3) is 0 Å². The number of pyridine rings is 1. The third-order valence-electron chi connectivity index (χ3n) is 2.45. The standard InChI is InChI=1S/C13H23N3O2/c1-13(2,3)7-9(17)8-15-11-6-5-10(14)12(16-11)18-4/h5-6,9,17H,7-8,14H2,1-4H3,(H,15,16). The van der Waals surface area contributed by atoms with E-state index in [9.17, 15) is 5.11 Å². The van der Waals surface area contributed by atoms with Gasteiger partial charge in [0.2, 0.25) is 5.88 Å². The minimum absolute atomic E-state index is 0.104. The van der Waals surface area contributed by atoms with E-state index >= 15 is 0 Å². The number of nitrogen functional groups attached to an aromatic ring is 1. The van der Waals surface area contributed by atoms with E-state index in [0.29, 0.717) is 23.9 Å². The van der Waals surface area contributed by atoms with Gasteiger partial charge in [-0.1, -0.05) is 20.8 Å². The van der Waals surface area contributed by atoms with E-state index in [1.165, 1.54) is 7.11 Å². The van der Waals surface area contributed by atoms with Crippen LogP contribution in [0.2, 0.25) is 0 Å². The van der Waals surface area contributed by atoms with Gasteiger partial charge < -0.3 is 20.9 Å². The van der Waals surface area contributed by atoms with Crippen LogP contribution >= 0.6 is 0 Å². The number of nitrogens with one attached hydrogen (secondary N) is 1. The molecule has 5 heteroatoms. The first-order valence-electron chi connectivity index (χ1n) is 6.04. The lowest BCUT2D eigenvalue weighted by Crippen LogP contribution is -2.25. The predicted molar refractivity (Wildman–Crippen MR) is 73.8 cm³/mol. The highest BCUT2D eigenvalue weighted by Gasteiger charge is 2.16. The Hall–Kier alpha value is -1.49. The Morgan fingerprint density at radius 2 is 2.11 bits per heavy atom. The van der Waals surface area contributed by atoms with Crippen LogP contribution in [-0.2, 0) is 0 Å². The second kappa shape index (κ2) is 5.91. The lowest BCUT2D eigenvalue weighted by Gasteiger charge is -2.22. The molecule has 0 fully saturated rings.